The highest BCUT2D eigenvalue weighted by Crippen LogP contribution is 2.32. The predicted octanol–water partition coefficient (Wildman–Crippen LogP) is 6.21. The van der Waals surface area contributed by atoms with E-state index in [0.29, 0.717) is 0 Å². The Morgan fingerprint density at radius 2 is 1.70 bits per heavy atom. The van der Waals surface area contributed by atoms with E-state index in [9.17, 15) is 18.0 Å². The monoisotopic (exact) mass is 455 g/mol. The molecule has 156 valence electrons. The van der Waals surface area contributed by atoms with Gasteiger partial charge in [0.1, 0.15) is 18.0 Å². The number of amides is 2. The molecule has 1 aromatic heterocycles. The predicted molar refractivity (Wildman–Crippen MR) is 111 cm³/mol. The van der Waals surface area contributed by atoms with Crippen molar-refractivity contribution in [2.45, 2.75) is 6.18 Å². The fourth-order valence-corrected chi connectivity index (χ4v) is 2.92. The second-order valence-electron chi connectivity index (χ2n) is 6.05. The van der Waals surface area contributed by atoms with Gasteiger partial charge in [-0.3, -0.25) is 4.90 Å². The molecule has 2 N–H and O–H groups in total. The number of carbonyl (C=O) groups is 1. The van der Waals surface area contributed by atoms with Crippen molar-refractivity contribution in [3.8, 4) is 0 Å². The van der Waals surface area contributed by atoms with E-state index in [4.69, 9.17) is 23.2 Å². The minimum absolute atomic E-state index is 0.185. The Morgan fingerprint density at radius 1 is 1.03 bits per heavy atom. The summed E-state index contributed by atoms with van der Waals surface area (Å²) >= 11 is 12.1. The van der Waals surface area contributed by atoms with Gasteiger partial charge in [-0.25, -0.2) is 14.8 Å². The van der Waals surface area contributed by atoms with Crippen LogP contribution in [0.4, 0.5) is 41.0 Å². The molecule has 0 saturated heterocycles. The summed E-state index contributed by atoms with van der Waals surface area (Å²) in [5.41, 5.74) is -0.367. The molecule has 0 aliphatic heterocycles. The number of nitrogens with zero attached hydrogens (tertiary/aromatic N) is 3. The molecular formula is C19H14Cl2F3N5O. The smallest absolute Gasteiger partial charge is 0.340 e. The maximum absolute atomic E-state index is 12.9. The van der Waals surface area contributed by atoms with Crippen LogP contribution in [0.2, 0.25) is 10.0 Å². The van der Waals surface area contributed by atoms with Crippen LogP contribution in [-0.2, 0) is 6.18 Å². The summed E-state index contributed by atoms with van der Waals surface area (Å²) in [7, 11) is 1.45. The van der Waals surface area contributed by atoms with E-state index in [1.807, 2.05) is 0 Å². The van der Waals surface area contributed by atoms with E-state index in [2.05, 4.69) is 20.6 Å². The fourth-order valence-electron chi connectivity index (χ4n) is 2.43. The molecule has 3 aromatic rings. The van der Waals surface area contributed by atoms with Gasteiger partial charge >= 0.3 is 12.2 Å². The van der Waals surface area contributed by atoms with Crippen LogP contribution in [0.5, 0.6) is 0 Å². The summed E-state index contributed by atoms with van der Waals surface area (Å²) in [5, 5.41) is 5.88. The molecule has 3 rings (SSSR count). The number of rotatable bonds is 4. The van der Waals surface area contributed by atoms with E-state index in [1.165, 1.54) is 36.5 Å². The number of alkyl halides is 3. The van der Waals surface area contributed by atoms with Gasteiger partial charge in [-0.15, -0.1) is 0 Å². The lowest BCUT2D eigenvalue weighted by Crippen LogP contribution is -2.32. The van der Waals surface area contributed by atoms with Crippen LogP contribution in [-0.4, -0.2) is 23.0 Å². The summed E-state index contributed by atoms with van der Waals surface area (Å²) in [6, 6.07) is 10.3. The summed E-state index contributed by atoms with van der Waals surface area (Å²) in [5.74, 6) is 0.398. The van der Waals surface area contributed by atoms with Crippen LogP contribution in [0.25, 0.3) is 0 Å². The molecule has 11 heteroatoms. The third-order valence-corrected chi connectivity index (χ3v) is 4.59. The molecular weight excluding hydrogens is 442 g/mol. The van der Waals surface area contributed by atoms with Gasteiger partial charge < -0.3 is 10.6 Å². The number of hydrogen-bond acceptors (Lipinski definition) is 4. The van der Waals surface area contributed by atoms with Crippen molar-refractivity contribution in [3.63, 3.8) is 0 Å². The lowest BCUT2D eigenvalue weighted by Gasteiger charge is -2.18. The van der Waals surface area contributed by atoms with Crippen LogP contribution in [0.1, 0.15) is 5.56 Å². The third kappa shape index (κ3) is 5.11. The zero-order valence-electron chi connectivity index (χ0n) is 15.3. The SMILES string of the molecule is CN(C(=O)Nc1c(Cl)cccc1Cl)c1cc(Nc2cccc(C(F)(F)F)c2)ncn1. The number of benzene rings is 2. The Morgan fingerprint density at radius 3 is 2.37 bits per heavy atom. The van der Waals surface area contributed by atoms with Gasteiger partial charge in [0.2, 0.25) is 0 Å². The highest BCUT2D eigenvalue weighted by Gasteiger charge is 2.30. The van der Waals surface area contributed by atoms with Crippen molar-refractivity contribution in [3.05, 3.63) is 70.5 Å². The molecule has 0 spiro atoms. The first-order valence-corrected chi connectivity index (χ1v) is 9.16. The van der Waals surface area contributed by atoms with Crippen LogP contribution in [0, 0.1) is 0 Å². The highest BCUT2D eigenvalue weighted by atomic mass is 35.5. The average molecular weight is 456 g/mol. The first-order valence-electron chi connectivity index (χ1n) is 8.40. The molecule has 0 fully saturated rings. The highest BCUT2D eigenvalue weighted by molar-refractivity contribution is 6.39. The Balaban J connectivity index is 1.77. The van der Waals surface area contributed by atoms with Gasteiger partial charge in [0, 0.05) is 18.8 Å². The number of carbonyl (C=O) groups excluding carboxylic acids is 1. The molecule has 0 aliphatic carbocycles. The molecule has 1 heterocycles. The molecule has 2 aromatic carbocycles. The molecule has 0 aliphatic rings. The Kier molecular flexibility index (Phi) is 6.33. The maximum atomic E-state index is 12.9. The molecule has 0 bridgehead atoms. The van der Waals surface area contributed by atoms with Gasteiger partial charge in [-0.1, -0.05) is 35.3 Å². The molecule has 6 nitrogen and oxygen atoms in total. The fraction of sp³-hybridized carbons (Fsp3) is 0.105. The number of urea groups is 1. The van der Waals surface area contributed by atoms with E-state index in [1.54, 1.807) is 18.2 Å². The number of hydrogen-bond donors (Lipinski definition) is 2. The van der Waals surface area contributed by atoms with Crippen LogP contribution in [0.3, 0.4) is 0 Å². The maximum Gasteiger partial charge on any atom is 0.416 e. The first kappa shape index (κ1) is 21.7. The van der Waals surface area contributed by atoms with Crippen molar-refractivity contribution < 1.29 is 18.0 Å². The normalized spacial score (nSPS) is 11.1. The number of halogens is 5. The Labute approximate surface area is 179 Å². The van der Waals surface area contributed by atoms with Gasteiger partial charge in [0.05, 0.1) is 21.3 Å². The summed E-state index contributed by atoms with van der Waals surface area (Å²) in [6.45, 7) is 0. The number of aromatic nitrogens is 2. The van der Waals surface area contributed by atoms with Crippen molar-refractivity contribution in [1.29, 1.82) is 0 Å². The van der Waals surface area contributed by atoms with Gasteiger partial charge in [-0.05, 0) is 30.3 Å². The Hall–Kier alpha value is -3.04. The topological polar surface area (TPSA) is 70.2 Å². The van der Waals surface area contributed by atoms with E-state index < -0.39 is 17.8 Å². The zero-order valence-corrected chi connectivity index (χ0v) is 16.8. The largest absolute Gasteiger partial charge is 0.416 e. The molecule has 0 unspecified atom stereocenters. The lowest BCUT2D eigenvalue weighted by atomic mass is 10.2. The second-order valence-corrected chi connectivity index (χ2v) is 6.87. The Bertz CT molecular complexity index is 1060. The average Bonchev–Trinajstić information content (AvgIpc) is 2.70. The van der Waals surface area contributed by atoms with Crippen molar-refractivity contribution in [2.75, 3.05) is 22.6 Å². The van der Waals surface area contributed by atoms with E-state index in [-0.39, 0.29) is 33.1 Å². The number of nitrogens with one attached hydrogen (secondary N) is 2. The summed E-state index contributed by atoms with van der Waals surface area (Å²) in [4.78, 5) is 21.7. The number of para-hydroxylation sites is 1. The minimum Gasteiger partial charge on any atom is -0.340 e. The van der Waals surface area contributed by atoms with Crippen LogP contribution >= 0.6 is 23.2 Å². The standard InChI is InChI=1S/C19H14Cl2F3N5O/c1-29(18(30)28-17-13(20)6-3-7-14(17)21)16-9-15(25-10-26-16)27-12-5-2-4-11(8-12)19(22,23)24/h2-10H,1H3,(H,28,30)(H,25,26,27). The summed E-state index contributed by atoms with van der Waals surface area (Å²) in [6.07, 6.45) is -3.29. The molecule has 30 heavy (non-hydrogen) atoms. The second kappa shape index (κ2) is 8.76. The molecule has 2 amide bonds. The third-order valence-electron chi connectivity index (χ3n) is 3.96. The van der Waals surface area contributed by atoms with E-state index in [0.717, 1.165) is 12.1 Å². The number of anilines is 4. The summed E-state index contributed by atoms with van der Waals surface area (Å²) < 4.78 is 38.6. The zero-order chi connectivity index (χ0) is 21.9. The first-order chi connectivity index (χ1) is 14.1. The quantitative estimate of drug-likeness (QED) is 0.490. The van der Waals surface area contributed by atoms with Gasteiger partial charge in [0.15, 0.2) is 0 Å². The molecule has 0 atom stereocenters. The van der Waals surface area contributed by atoms with Crippen molar-refractivity contribution in [1.82, 2.24) is 9.97 Å². The van der Waals surface area contributed by atoms with Crippen LogP contribution in [0.15, 0.2) is 54.9 Å². The van der Waals surface area contributed by atoms with Crippen molar-refractivity contribution >= 4 is 52.2 Å². The van der Waals surface area contributed by atoms with Gasteiger partial charge in [-0.2, -0.15) is 13.2 Å². The van der Waals surface area contributed by atoms with Crippen LogP contribution < -0.4 is 15.5 Å². The van der Waals surface area contributed by atoms with Gasteiger partial charge in [0.25, 0.3) is 0 Å². The minimum atomic E-state index is -4.47. The molecule has 0 saturated carbocycles. The molecule has 0 radical (unpaired) electrons. The van der Waals surface area contributed by atoms with Crippen molar-refractivity contribution in [2.24, 2.45) is 0 Å². The lowest BCUT2D eigenvalue weighted by molar-refractivity contribution is -0.137. The van der Waals surface area contributed by atoms with E-state index >= 15 is 0 Å².